The van der Waals surface area contributed by atoms with Crippen molar-refractivity contribution in [2.75, 3.05) is 13.7 Å². The molecule has 4 nitrogen and oxygen atoms in total. The summed E-state index contributed by atoms with van der Waals surface area (Å²) in [7, 11) is 1.92. The summed E-state index contributed by atoms with van der Waals surface area (Å²) in [6, 6.07) is 9.37. The standard InChI is InChI=1S/C18H24N2O2/c1-20-13-12-18(22-20)7-5-3-2-4-6-14-21-17-10-8-16(15-19)9-11-17/h8-13,18H,2-7,14H2,1H3. The van der Waals surface area contributed by atoms with E-state index in [0.29, 0.717) is 5.56 Å². The predicted octanol–water partition coefficient (Wildman–Crippen LogP) is 4.04. The molecule has 118 valence electrons. The van der Waals surface area contributed by atoms with E-state index >= 15 is 0 Å². The number of nitriles is 1. The van der Waals surface area contributed by atoms with Crippen molar-refractivity contribution in [2.45, 2.75) is 44.6 Å². The van der Waals surface area contributed by atoms with Crippen LogP contribution in [0.2, 0.25) is 0 Å². The van der Waals surface area contributed by atoms with Gasteiger partial charge in [-0.05, 0) is 43.2 Å². The Hall–Kier alpha value is -1.99. The molecule has 0 spiro atoms. The molecule has 0 aromatic heterocycles. The van der Waals surface area contributed by atoms with Gasteiger partial charge < -0.3 is 4.74 Å². The van der Waals surface area contributed by atoms with Gasteiger partial charge in [-0.15, -0.1) is 0 Å². The monoisotopic (exact) mass is 300 g/mol. The lowest BCUT2D eigenvalue weighted by Crippen LogP contribution is -2.13. The Morgan fingerprint density at radius 1 is 1.14 bits per heavy atom. The van der Waals surface area contributed by atoms with Crippen LogP contribution in [0.1, 0.15) is 44.1 Å². The first-order chi connectivity index (χ1) is 10.8. The van der Waals surface area contributed by atoms with Crippen molar-refractivity contribution in [2.24, 2.45) is 0 Å². The summed E-state index contributed by atoms with van der Waals surface area (Å²) in [6.45, 7) is 0.741. The maximum absolute atomic E-state index is 8.72. The van der Waals surface area contributed by atoms with Crippen molar-refractivity contribution in [3.63, 3.8) is 0 Å². The molecule has 1 heterocycles. The average molecular weight is 300 g/mol. The Morgan fingerprint density at radius 2 is 1.86 bits per heavy atom. The van der Waals surface area contributed by atoms with Crippen LogP contribution in [0.5, 0.6) is 5.75 Å². The summed E-state index contributed by atoms with van der Waals surface area (Å²) < 4.78 is 5.66. The van der Waals surface area contributed by atoms with Gasteiger partial charge in [0.05, 0.1) is 18.2 Å². The predicted molar refractivity (Wildman–Crippen MR) is 86.1 cm³/mol. The van der Waals surface area contributed by atoms with Gasteiger partial charge in [0.15, 0.2) is 0 Å². The smallest absolute Gasteiger partial charge is 0.119 e. The fourth-order valence-corrected chi connectivity index (χ4v) is 2.44. The van der Waals surface area contributed by atoms with Crippen LogP contribution in [0.4, 0.5) is 0 Å². The lowest BCUT2D eigenvalue weighted by molar-refractivity contribution is -0.112. The van der Waals surface area contributed by atoms with E-state index in [0.717, 1.165) is 25.2 Å². The third kappa shape index (κ3) is 5.79. The van der Waals surface area contributed by atoms with Gasteiger partial charge in [0.25, 0.3) is 0 Å². The Labute approximate surface area is 132 Å². The molecule has 0 bridgehead atoms. The first-order valence-electron chi connectivity index (χ1n) is 7.99. The second-order valence-corrected chi connectivity index (χ2v) is 5.57. The molecule has 1 aromatic rings. The zero-order valence-electron chi connectivity index (χ0n) is 13.2. The Morgan fingerprint density at radius 3 is 2.55 bits per heavy atom. The second-order valence-electron chi connectivity index (χ2n) is 5.57. The summed E-state index contributed by atoms with van der Waals surface area (Å²) in [5.74, 6) is 0.841. The van der Waals surface area contributed by atoms with Crippen LogP contribution in [0, 0.1) is 11.3 Å². The largest absolute Gasteiger partial charge is 0.494 e. The van der Waals surface area contributed by atoms with Crippen LogP contribution < -0.4 is 4.74 Å². The quantitative estimate of drug-likeness (QED) is 0.646. The first-order valence-corrected chi connectivity index (χ1v) is 7.99. The van der Waals surface area contributed by atoms with Gasteiger partial charge >= 0.3 is 0 Å². The second kappa shape index (κ2) is 9.11. The average Bonchev–Trinajstić information content (AvgIpc) is 2.96. The molecule has 0 fully saturated rings. The van der Waals surface area contributed by atoms with Crippen molar-refractivity contribution in [1.29, 1.82) is 5.26 Å². The Kier molecular flexibility index (Phi) is 6.79. The molecule has 0 radical (unpaired) electrons. The normalized spacial score (nSPS) is 16.7. The van der Waals surface area contributed by atoms with Crippen LogP contribution in [0.25, 0.3) is 0 Å². The molecule has 0 saturated heterocycles. The molecule has 1 aliphatic heterocycles. The van der Waals surface area contributed by atoms with E-state index in [9.17, 15) is 0 Å². The first kappa shape index (κ1) is 16.4. The maximum Gasteiger partial charge on any atom is 0.119 e. The van der Waals surface area contributed by atoms with Crippen molar-refractivity contribution in [3.05, 3.63) is 42.1 Å². The number of ether oxygens (including phenoxy) is 1. The highest BCUT2D eigenvalue weighted by Gasteiger charge is 2.12. The minimum Gasteiger partial charge on any atom is -0.494 e. The van der Waals surface area contributed by atoms with Crippen LogP contribution >= 0.6 is 0 Å². The molecule has 1 atom stereocenters. The molecule has 1 aliphatic rings. The molecule has 0 saturated carbocycles. The van der Waals surface area contributed by atoms with Crippen LogP contribution in [0.15, 0.2) is 36.5 Å². The molecule has 0 amide bonds. The molecule has 4 heteroatoms. The van der Waals surface area contributed by atoms with E-state index in [2.05, 4.69) is 12.1 Å². The van der Waals surface area contributed by atoms with E-state index < -0.39 is 0 Å². The third-order valence-electron chi connectivity index (χ3n) is 3.70. The molecule has 0 N–H and O–H groups in total. The van der Waals surface area contributed by atoms with E-state index in [1.165, 1.54) is 25.7 Å². The number of rotatable bonds is 9. The fourth-order valence-electron chi connectivity index (χ4n) is 2.44. The lowest BCUT2D eigenvalue weighted by Gasteiger charge is -2.12. The SMILES string of the molecule is CN1C=CC(CCCCCCCOc2ccc(C#N)cc2)O1. The number of nitrogens with zero attached hydrogens (tertiary/aromatic N) is 2. The van der Waals surface area contributed by atoms with Crippen molar-refractivity contribution in [1.82, 2.24) is 5.06 Å². The lowest BCUT2D eigenvalue weighted by atomic mass is 10.1. The number of hydrogen-bond acceptors (Lipinski definition) is 4. The summed E-state index contributed by atoms with van der Waals surface area (Å²) in [6.07, 6.45) is 11.4. The molecule has 0 aliphatic carbocycles. The molecule has 1 aromatic carbocycles. The van der Waals surface area contributed by atoms with Crippen molar-refractivity contribution in [3.8, 4) is 11.8 Å². The van der Waals surface area contributed by atoms with E-state index in [-0.39, 0.29) is 6.10 Å². The number of hydrogen-bond donors (Lipinski definition) is 0. The molecule has 1 unspecified atom stereocenters. The van der Waals surface area contributed by atoms with E-state index in [4.69, 9.17) is 14.8 Å². The zero-order chi connectivity index (χ0) is 15.6. The van der Waals surface area contributed by atoms with E-state index in [1.807, 2.05) is 25.4 Å². The molecule has 2 rings (SSSR count). The molecular formula is C18H24N2O2. The maximum atomic E-state index is 8.72. The van der Waals surface area contributed by atoms with Gasteiger partial charge in [0.1, 0.15) is 11.9 Å². The van der Waals surface area contributed by atoms with Gasteiger partial charge in [0, 0.05) is 13.2 Å². The molecule has 22 heavy (non-hydrogen) atoms. The van der Waals surface area contributed by atoms with Gasteiger partial charge in [-0.1, -0.05) is 25.7 Å². The number of hydroxylamine groups is 2. The van der Waals surface area contributed by atoms with Gasteiger partial charge in [0.2, 0.25) is 0 Å². The van der Waals surface area contributed by atoms with Gasteiger partial charge in [-0.2, -0.15) is 5.26 Å². The van der Waals surface area contributed by atoms with E-state index in [1.54, 1.807) is 17.2 Å². The van der Waals surface area contributed by atoms with Crippen molar-refractivity contribution >= 4 is 0 Å². The zero-order valence-corrected chi connectivity index (χ0v) is 13.2. The van der Waals surface area contributed by atoms with Crippen molar-refractivity contribution < 1.29 is 9.57 Å². The highest BCUT2D eigenvalue weighted by atomic mass is 16.7. The molecular weight excluding hydrogens is 276 g/mol. The highest BCUT2D eigenvalue weighted by molar-refractivity contribution is 5.34. The summed E-state index contributed by atoms with van der Waals surface area (Å²) in [5.41, 5.74) is 0.666. The Balaban J connectivity index is 1.44. The minimum atomic E-state index is 0.268. The van der Waals surface area contributed by atoms with Gasteiger partial charge in [-0.3, -0.25) is 9.90 Å². The summed E-state index contributed by atoms with van der Waals surface area (Å²) in [4.78, 5) is 5.55. The highest BCUT2D eigenvalue weighted by Crippen LogP contribution is 2.16. The topological polar surface area (TPSA) is 45.5 Å². The minimum absolute atomic E-state index is 0.268. The summed E-state index contributed by atoms with van der Waals surface area (Å²) >= 11 is 0. The van der Waals surface area contributed by atoms with Gasteiger partial charge in [-0.25, -0.2) is 0 Å². The fraction of sp³-hybridized carbons (Fsp3) is 0.500. The Bertz CT molecular complexity index is 505. The van der Waals surface area contributed by atoms with Crippen LogP contribution in [-0.4, -0.2) is 24.8 Å². The summed E-state index contributed by atoms with van der Waals surface area (Å²) in [5, 5.41) is 10.5. The van der Waals surface area contributed by atoms with Crippen LogP contribution in [-0.2, 0) is 4.84 Å². The third-order valence-corrected chi connectivity index (χ3v) is 3.70. The number of benzene rings is 1. The van der Waals surface area contributed by atoms with Crippen LogP contribution in [0.3, 0.4) is 0 Å². The number of unbranched alkanes of at least 4 members (excludes halogenated alkanes) is 4.